The number of amides is 3. The lowest BCUT2D eigenvalue weighted by Crippen LogP contribution is -2.50. The largest absolute Gasteiger partial charge is 0.496 e. The number of piperidine rings is 1. The van der Waals surface area contributed by atoms with Crippen LogP contribution in [0.25, 0.3) is 10.9 Å². The van der Waals surface area contributed by atoms with Crippen LogP contribution in [0.1, 0.15) is 49.0 Å². The Morgan fingerprint density at radius 1 is 1.24 bits per heavy atom. The maximum Gasteiger partial charge on any atom is 0.268 e. The number of carbonyl (C=O) groups excluding carboxylic acids is 3. The third-order valence-electron chi connectivity index (χ3n) is 6.41. The van der Waals surface area contributed by atoms with Crippen LogP contribution in [-0.4, -0.2) is 48.4 Å². The van der Waals surface area contributed by atoms with Crippen LogP contribution in [0.4, 0.5) is 4.39 Å². The van der Waals surface area contributed by atoms with Gasteiger partial charge in [0.2, 0.25) is 11.8 Å². The number of rotatable bonds is 9. The van der Waals surface area contributed by atoms with Gasteiger partial charge in [0, 0.05) is 23.9 Å². The highest BCUT2D eigenvalue weighted by molar-refractivity contribution is 6.01. The molecular formula is C24H28FN5O4. The third kappa shape index (κ3) is 5.47. The molecule has 34 heavy (non-hydrogen) atoms. The molecular weight excluding hydrogens is 441 g/mol. The van der Waals surface area contributed by atoms with Crippen molar-refractivity contribution >= 4 is 28.6 Å². The summed E-state index contributed by atoms with van der Waals surface area (Å²) in [5.41, 5.74) is 0.573. The van der Waals surface area contributed by atoms with Gasteiger partial charge in [0.15, 0.2) is 0 Å². The average molecular weight is 470 g/mol. The van der Waals surface area contributed by atoms with E-state index < -0.39 is 29.7 Å². The average Bonchev–Trinajstić information content (AvgIpc) is 3.54. The van der Waals surface area contributed by atoms with Crippen molar-refractivity contribution in [2.75, 3.05) is 13.7 Å². The molecule has 1 saturated heterocycles. The molecule has 2 aromatic rings. The van der Waals surface area contributed by atoms with E-state index >= 15 is 0 Å². The first-order valence-corrected chi connectivity index (χ1v) is 11.5. The van der Waals surface area contributed by atoms with E-state index in [0.717, 1.165) is 19.3 Å². The fourth-order valence-corrected chi connectivity index (χ4v) is 4.38. The number of benzene rings is 1. The Bertz CT molecular complexity index is 1140. The predicted octanol–water partition coefficient (Wildman–Crippen LogP) is 2.14. The van der Waals surface area contributed by atoms with Crippen LogP contribution in [0.3, 0.4) is 0 Å². The standard InChI is InChI=1S/C24H28FN5O4/c1-34-21-10-15(25)9-18-17(21)11-20(29-18)24(33)30-19(7-13-4-5-13)23(32)28-16(12-26)8-14-3-2-6-27-22(14)31/h9-11,13-14,16,19,29H,2-8H2,1H3,(H,27,31)(H,28,32)(H,30,33)/t14-,16-,19-/m0/s1. The van der Waals surface area contributed by atoms with Gasteiger partial charge in [-0.25, -0.2) is 4.39 Å². The van der Waals surface area contributed by atoms with Gasteiger partial charge in [-0.05, 0) is 43.7 Å². The fraction of sp³-hybridized carbons (Fsp3) is 0.500. The molecule has 0 bridgehead atoms. The van der Waals surface area contributed by atoms with Gasteiger partial charge >= 0.3 is 0 Å². The second-order valence-corrected chi connectivity index (χ2v) is 9.01. The highest BCUT2D eigenvalue weighted by atomic mass is 19.1. The van der Waals surface area contributed by atoms with E-state index in [4.69, 9.17) is 4.74 Å². The molecule has 1 aromatic carbocycles. The van der Waals surface area contributed by atoms with E-state index in [1.807, 2.05) is 0 Å². The maximum atomic E-state index is 13.8. The molecule has 4 N–H and O–H groups in total. The van der Waals surface area contributed by atoms with E-state index in [9.17, 15) is 24.0 Å². The topological polar surface area (TPSA) is 136 Å². The molecule has 0 spiro atoms. The van der Waals surface area contributed by atoms with Crippen molar-refractivity contribution in [3.8, 4) is 11.8 Å². The zero-order chi connectivity index (χ0) is 24.2. The van der Waals surface area contributed by atoms with Crippen LogP contribution in [-0.2, 0) is 9.59 Å². The van der Waals surface area contributed by atoms with E-state index in [2.05, 4.69) is 27.0 Å². The smallest absolute Gasteiger partial charge is 0.268 e. The van der Waals surface area contributed by atoms with Crippen LogP contribution < -0.4 is 20.7 Å². The lowest BCUT2D eigenvalue weighted by molar-refractivity contribution is -0.128. The Balaban J connectivity index is 1.45. The monoisotopic (exact) mass is 469 g/mol. The van der Waals surface area contributed by atoms with Crippen molar-refractivity contribution in [2.24, 2.45) is 11.8 Å². The van der Waals surface area contributed by atoms with Crippen LogP contribution in [0.2, 0.25) is 0 Å². The quantitative estimate of drug-likeness (QED) is 0.446. The minimum atomic E-state index is -0.833. The molecule has 4 rings (SSSR count). The minimum Gasteiger partial charge on any atom is -0.496 e. The molecule has 1 aromatic heterocycles. The molecule has 0 unspecified atom stereocenters. The van der Waals surface area contributed by atoms with Crippen molar-refractivity contribution in [1.82, 2.24) is 20.9 Å². The Kier molecular flexibility index (Phi) is 7.01. The van der Waals surface area contributed by atoms with Crippen molar-refractivity contribution in [2.45, 2.75) is 50.6 Å². The number of nitriles is 1. The first-order chi connectivity index (χ1) is 16.4. The zero-order valence-corrected chi connectivity index (χ0v) is 18.9. The van der Waals surface area contributed by atoms with Gasteiger partial charge in [0.25, 0.3) is 5.91 Å². The second-order valence-electron chi connectivity index (χ2n) is 9.01. The summed E-state index contributed by atoms with van der Waals surface area (Å²) in [6.07, 6.45) is 4.15. The van der Waals surface area contributed by atoms with E-state index in [1.54, 1.807) is 6.07 Å². The number of methoxy groups -OCH3 is 1. The molecule has 1 saturated carbocycles. The van der Waals surface area contributed by atoms with Gasteiger partial charge in [0.1, 0.15) is 29.3 Å². The molecule has 0 radical (unpaired) electrons. The summed E-state index contributed by atoms with van der Waals surface area (Å²) in [5.74, 6) is -1.27. The Labute approximate surface area is 196 Å². The number of H-pyrrole nitrogens is 1. The predicted molar refractivity (Wildman–Crippen MR) is 121 cm³/mol. The Morgan fingerprint density at radius 3 is 2.71 bits per heavy atom. The van der Waals surface area contributed by atoms with Crippen molar-refractivity contribution in [3.63, 3.8) is 0 Å². The zero-order valence-electron chi connectivity index (χ0n) is 18.9. The number of halogens is 1. The number of aromatic nitrogens is 1. The van der Waals surface area contributed by atoms with Gasteiger partial charge in [-0.15, -0.1) is 0 Å². The van der Waals surface area contributed by atoms with Crippen LogP contribution >= 0.6 is 0 Å². The molecule has 1 aliphatic heterocycles. The lowest BCUT2D eigenvalue weighted by atomic mass is 9.92. The number of nitrogens with one attached hydrogen (secondary N) is 4. The van der Waals surface area contributed by atoms with Crippen molar-refractivity contribution in [3.05, 3.63) is 29.7 Å². The molecule has 3 atom stereocenters. The van der Waals surface area contributed by atoms with Crippen molar-refractivity contribution < 1.29 is 23.5 Å². The first kappa shape index (κ1) is 23.5. The highest BCUT2D eigenvalue weighted by Crippen LogP contribution is 2.34. The van der Waals surface area contributed by atoms with Gasteiger partial charge in [-0.1, -0.05) is 12.8 Å². The molecule has 180 valence electrons. The number of aromatic amines is 1. The van der Waals surface area contributed by atoms with Gasteiger partial charge in [-0.2, -0.15) is 5.26 Å². The van der Waals surface area contributed by atoms with Crippen molar-refractivity contribution in [1.29, 1.82) is 5.26 Å². The third-order valence-corrected chi connectivity index (χ3v) is 6.41. The fourth-order valence-electron chi connectivity index (χ4n) is 4.38. The molecule has 9 nitrogen and oxygen atoms in total. The van der Waals surface area contributed by atoms with E-state index in [1.165, 1.54) is 19.2 Å². The number of ether oxygens (including phenoxy) is 1. The number of carbonyl (C=O) groups is 3. The number of hydrogen-bond acceptors (Lipinski definition) is 5. The second kappa shape index (κ2) is 10.1. The highest BCUT2D eigenvalue weighted by Gasteiger charge is 2.33. The number of nitrogens with zero attached hydrogens (tertiary/aromatic N) is 1. The van der Waals surface area contributed by atoms with E-state index in [0.29, 0.717) is 42.0 Å². The SMILES string of the molecule is COc1cc(F)cc2[nH]c(C(=O)N[C@@H](CC3CC3)C(=O)N[C@H](C#N)C[C@@H]3CCCNC3=O)cc12. The van der Waals surface area contributed by atoms with Gasteiger partial charge in [0.05, 0.1) is 18.7 Å². The Morgan fingerprint density at radius 2 is 2.03 bits per heavy atom. The summed E-state index contributed by atoms with van der Waals surface area (Å²) < 4.78 is 19.0. The lowest BCUT2D eigenvalue weighted by Gasteiger charge is -2.25. The summed E-state index contributed by atoms with van der Waals surface area (Å²) in [4.78, 5) is 40.9. The molecule has 2 heterocycles. The normalized spacial score (nSPS) is 19.6. The summed E-state index contributed by atoms with van der Waals surface area (Å²) in [6, 6.07) is 4.45. The molecule has 2 aliphatic rings. The van der Waals surface area contributed by atoms with Crippen LogP contribution in [0.5, 0.6) is 5.75 Å². The van der Waals surface area contributed by atoms with E-state index in [-0.39, 0.29) is 23.9 Å². The first-order valence-electron chi connectivity index (χ1n) is 11.5. The molecule has 1 aliphatic carbocycles. The van der Waals surface area contributed by atoms with Gasteiger partial charge in [-0.3, -0.25) is 14.4 Å². The maximum absolute atomic E-state index is 13.8. The molecule has 10 heteroatoms. The van der Waals surface area contributed by atoms with Crippen LogP contribution in [0, 0.1) is 29.0 Å². The number of hydrogen-bond donors (Lipinski definition) is 4. The summed E-state index contributed by atoms with van der Waals surface area (Å²) in [7, 11) is 1.42. The molecule has 3 amide bonds. The van der Waals surface area contributed by atoms with Gasteiger partial charge < -0.3 is 25.7 Å². The summed E-state index contributed by atoms with van der Waals surface area (Å²) >= 11 is 0. The Hall–Kier alpha value is -3.61. The summed E-state index contributed by atoms with van der Waals surface area (Å²) in [5, 5.41) is 18.3. The summed E-state index contributed by atoms with van der Waals surface area (Å²) in [6.45, 7) is 0.626. The van der Waals surface area contributed by atoms with Crippen LogP contribution in [0.15, 0.2) is 18.2 Å². The minimum absolute atomic E-state index is 0.103. The number of fused-ring (bicyclic) bond motifs is 1. The molecule has 2 fully saturated rings.